The second kappa shape index (κ2) is 2.05. The van der Waals surface area contributed by atoms with Gasteiger partial charge in [-0.1, -0.05) is 0 Å². The van der Waals surface area contributed by atoms with Crippen LogP contribution in [-0.4, -0.2) is 7.94 Å². The number of hydrogen-bond donors (Lipinski definition) is 0. The minimum atomic E-state index is 0.596. The molecule has 0 amide bonds. The van der Waals surface area contributed by atoms with Gasteiger partial charge in [0.05, 0.1) is 0 Å². The lowest BCUT2D eigenvalue weighted by Gasteiger charge is -1.78. The van der Waals surface area contributed by atoms with E-state index in [2.05, 4.69) is 6.92 Å². The van der Waals surface area contributed by atoms with Gasteiger partial charge in [0.2, 0.25) is 0 Å². The number of halogens is 1. The van der Waals surface area contributed by atoms with Crippen LogP contribution in [-0.2, 0) is 0 Å². The largest absolute Gasteiger partial charge is 0.124 e. The molecule has 0 fully saturated rings. The van der Waals surface area contributed by atoms with E-state index >= 15 is 0 Å². The molecule has 0 aromatic heterocycles. The first-order chi connectivity index (χ1) is 2.89. The highest BCUT2D eigenvalue weighted by Crippen LogP contribution is 2.15. The Morgan fingerprint density at radius 1 is 1.67 bits per heavy atom. The topological polar surface area (TPSA) is 0 Å². The summed E-state index contributed by atoms with van der Waals surface area (Å²) in [5, 5.41) is 0. The summed E-state index contributed by atoms with van der Waals surface area (Å²) in [7, 11) is 0. The van der Waals surface area contributed by atoms with Crippen molar-refractivity contribution in [3.63, 3.8) is 0 Å². The zero-order valence-electron chi connectivity index (χ0n) is 4.00. The monoisotopic (exact) mass is 196 g/mol. The van der Waals surface area contributed by atoms with E-state index in [4.69, 9.17) is 0 Å². The van der Waals surface area contributed by atoms with E-state index in [1.54, 1.807) is 4.43 Å². The molecule has 1 heterocycles. The molecule has 0 bridgehead atoms. The van der Waals surface area contributed by atoms with Gasteiger partial charge >= 0.3 is 0 Å². The van der Waals surface area contributed by atoms with Crippen LogP contribution in [0.25, 0.3) is 0 Å². The number of rotatable bonds is 0. The summed E-state index contributed by atoms with van der Waals surface area (Å²) in [6.07, 6.45) is 2.95. The Balaban J connectivity index is 2.45. The Kier molecular flexibility index (Phi) is 1.62. The van der Waals surface area contributed by atoms with Gasteiger partial charge < -0.3 is 0 Å². The van der Waals surface area contributed by atoms with Crippen LogP contribution in [0.2, 0.25) is 0 Å². The molecule has 0 saturated heterocycles. The number of hydrogen-bond acceptors (Lipinski definition) is 0. The molecule has 0 unspecified atom stereocenters. The third kappa shape index (κ3) is 1.03. The zero-order chi connectivity index (χ0) is 4.41. The van der Waals surface area contributed by atoms with Crippen molar-refractivity contribution < 1.29 is 0 Å². The summed E-state index contributed by atoms with van der Waals surface area (Å²) < 4.78 is 3.37. The third-order valence-electron chi connectivity index (χ3n) is 0.978. The summed E-state index contributed by atoms with van der Waals surface area (Å²) in [6.45, 7) is 2.31. The molecule has 1 rings (SSSR count). The Bertz CT molecular complexity index is 74.0. The maximum absolute atomic E-state index is 2.31. The lowest BCUT2D eigenvalue weighted by atomic mass is 10.3. The molecule has 1 aliphatic heterocycles. The maximum Gasteiger partial charge on any atom is -0.00497 e. The molecule has 6 heavy (non-hydrogen) atoms. The predicted octanol–water partition coefficient (Wildman–Crippen LogP) is 1.94. The van der Waals surface area contributed by atoms with Crippen LogP contribution in [0, 0.1) is 0 Å². The molecule has 1 heteroatoms. The van der Waals surface area contributed by atoms with Crippen LogP contribution < -0.4 is 0 Å². The van der Waals surface area contributed by atoms with Crippen LogP contribution in [0.1, 0.15) is 19.8 Å². The van der Waals surface area contributed by atoms with E-state index in [-0.39, 0.29) is 0 Å². The van der Waals surface area contributed by atoms with Crippen LogP contribution in [0.15, 0.2) is 0 Å². The number of alkyl halides is 1. The van der Waals surface area contributed by atoms with Crippen molar-refractivity contribution in [1.82, 2.24) is 0 Å². The lowest BCUT2D eigenvalue weighted by Crippen LogP contribution is -1.75. The molecule has 0 radical (unpaired) electrons. The smallest absolute Gasteiger partial charge is 0.00497 e. The van der Waals surface area contributed by atoms with Crippen molar-refractivity contribution in [3.05, 3.63) is 0 Å². The van der Waals surface area contributed by atoms with Gasteiger partial charge in [0.1, 0.15) is 0 Å². The highest BCUT2D eigenvalue weighted by Gasteiger charge is 1.96. The fourth-order valence-corrected chi connectivity index (χ4v) is 3.05. The SMILES string of the molecule is CC1=ICCC1. The first kappa shape index (κ1) is 4.75. The lowest BCUT2D eigenvalue weighted by molar-refractivity contribution is 1.04. The van der Waals surface area contributed by atoms with Crippen molar-refractivity contribution >= 4 is 24.2 Å². The van der Waals surface area contributed by atoms with Gasteiger partial charge in [-0.2, -0.15) is 0 Å². The van der Waals surface area contributed by atoms with Gasteiger partial charge in [0, 0.05) is 0 Å². The van der Waals surface area contributed by atoms with Crippen molar-refractivity contribution in [2.24, 2.45) is 0 Å². The quantitative estimate of drug-likeness (QED) is 0.410. The standard InChI is InChI=1S/C5H9I/c1-5-3-2-4-6-5/h2-4H2,1H3. The minimum Gasteiger partial charge on any atom is -0.124 e. The maximum atomic E-state index is 2.31. The average Bonchev–Trinajstić information content (AvgIpc) is 1.86. The molecule has 0 saturated carbocycles. The molecule has 0 N–H and O–H groups in total. The molecule has 0 aliphatic carbocycles. The molecular weight excluding hydrogens is 187 g/mol. The Morgan fingerprint density at radius 3 is 2.67 bits per heavy atom. The summed E-state index contributed by atoms with van der Waals surface area (Å²) in [5.74, 6) is 0. The molecule has 0 aromatic carbocycles. The highest BCUT2D eigenvalue weighted by atomic mass is 127. The first-order valence-corrected chi connectivity index (χ1v) is 4.91. The minimum absolute atomic E-state index is 0.596. The molecular formula is C5H9I. The van der Waals surface area contributed by atoms with Gasteiger partial charge in [0.15, 0.2) is 0 Å². The summed E-state index contributed by atoms with van der Waals surface area (Å²) in [4.78, 5) is 0. The fraction of sp³-hybridized carbons (Fsp3) is 0.800. The molecule has 0 aromatic rings. The second-order valence-electron chi connectivity index (χ2n) is 1.60. The zero-order valence-corrected chi connectivity index (χ0v) is 6.16. The van der Waals surface area contributed by atoms with Crippen LogP contribution in [0.3, 0.4) is 0 Å². The molecule has 0 nitrogen and oxygen atoms in total. The summed E-state index contributed by atoms with van der Waals surface area (Å²) in [5.41, 5.74) is 0. The predicted molar refractivity (Wildman–Crippen MR) is 38.8 cm³/mol. The van der Waals surface area contributed by atoms with E-state index in [0.29, 0.717) is 20.7 Å². The Hall–Kier alpha value is 0.600. The van der Waals surface area contributed by atoms with Crippen LogP contribution >= 0.6 is 20.7 Å². The second-order valence-corrected chi connectivity index (χ2v) is 5.29. The van der Waals surface area contributed by atoms with Crippen LogP contribution in [0.4, 0.5) is 0 Å². The van der Waals surface area contributed by atoms with Gasteiger partial charge in [-0.15, -0.1) is 20.7 Å². The first-order valence-electron chi connectivity index (χ1n) is 2.31. The van der Waals surface area contributed by atoms with Crippen molar-refractivity contribution in [2.75, 3.05) is 4.43 Å². The van der Waals surface area contributed by atoms with Crippen molar-refractivity contribution in [2.45, 2.75) is 19.8 Å². The van der Waals surface area contributed by atoms with E-state index in [9.17, 15) is 0 Å². The van der Waals surface area contributed by atoms with Crippen LogP contribution in [0.5, 0.6) is 0 Å². The van der Waals surface area contributed by atoms with E-state index in [1.807, 2.05) is 3.51 Å². The summed E-state index contributed by atoms with van der Waals surface area (Å²) >= 11 is 0.596. The van der Waals surface area contributed by atoms with E-state index in [0.717, 1.165) is 0 Å². The van der Waals surface area contributed by atoms with Gasteiger partial charge in [-0.3, -0.25) is 0 Å². The van der Waals surface area contributed by atoms with Gasteiger partial charge in [-0.25, -0.2) is 0 Å². The Labute approximate surface area is 48.7 Å². The van der Waals surface area contributed by atoms with E-state index < -0.39 is 0 Å². The van der Waals surface area contributed by atoms with Gasteiger partial charge in [-0.05, 0) is 27.7 Å². The van der Waals surface area contributed by atoms with Crippen molar-refractivity contribution in [3.8, 4) is 0 Å². The molecule has 1 aliphatic rings. The van der Waals surface area contributed by atoms with Crippen molar-refractivity contribution in [1.29, 1.82) is 0 Å². The van der Waals surface area contributed by atoms with Gasteiger partial charge in [0.25, 0.3) is 0 Å². The van der Waals surface area contributed by atoms with E-state index in [1.165, 1.54) is 12.8 Å². The third-order valence-corrected chi connectivity index (χ3v) is 4.12. The molecule has 0 atom stereocenters. The highest BCUT2D eigenvalue weighted by molar-refractivity contribution is 14.2. The molecule has 36 valence electrons. The Morgan fingerprint density at radius 2 is 2.50 bits per heavy atom. The fourth-order valence-electron chi connectivity index (χ4n) is 0.605. The normalized spacial score (nSPS) is 22.5. The molecule has 0 spiro atoms. The summed E-state index contributed by atoms with van der Waals surface area (Å²) in [6, 6.07) is 0. The average molecular weight is 196 g/mol.